The largest absolute Gasteiger partial charge is 0.494 e. The molecule has 0 unspecified atom stereocenters. The molecule has 0 aliphatic heterocycles. The number of rotatable bonds is 4. The van der Waals surface area contributed by atoms with Gasteiger partial charge in [-0.1, -0.05) is 0 Å². The second-order valence-electron chi connectivity index (χ2n) is 4.62. The van der Waals surface area contributed by atoms with Crippen LogP contribution in [0.4, 0.5) is 0 Å². The maximum Gasteiger partial charge on any atom is 0.255 e. The SMILES string of the molecule is COc1cnc(C)cc1C(=O)NCc1c(C)n[nH]c1C. The van der Waals surface area contributed by atoms with Crippen molar-refractivity contribution in [2.24, 2.45) is 0 Å². The minimum atomic E-state index is -0.188. The highest BCUT2D eigenvalue weighted by molar-refractivity contribution is 5.96. The van der Waals surface area contributed by atoms with E-state index >= 15 is 0 Å². The van der Waals surface area contributed by atoms with Gasteiger partial charge in [-0.05, 0) is 26.8 Å². The topological polar surface area (TPSA) is 79.9 Å². The predicted molar refractivity (Wildman–Crippen MR) is 74.8 cm³/mol. The van der Waals surface area contributed by atoms with E-state index in [2.05, 4.69) is 20.5 Å². The van der Waals surface area contributed by atoms with Crippen molar-refractivity contribution in [3.63, 3.8) is 0 Å². The number of hydrogen-bond donors (Lipinski definition) is 2. The number of pyridine rings is 1. The minimum absolute atomic E-state index is 0.188. The lowest BCUT2D eigenvalue weighted by Crippen LogP contribution is -2.24. The van der Waals surface area contributed by atoms with E-state index in [9.17, 15) is 4.79 Å². The maximum absolute atomic E-state index is 12.2. The van der Waals surface area contributed by atoms with Crippen molar-refractivity contribution in [3.05, 3.63) is 40.5 Å². The number of carbonyl (C=O) groups excluding carboxylic acids is 1. The lowest BCUT2D eigenvalue weighted by Gasteiger charge is -2.09. The van der Waals surface area contributed by atoms with E-state index in [1.165, 1.54) is 7.11 Å². The second kappa shape index (κ2) is 5.73. The lowest BCUT2D eigenvalue weighted by atomic mass is 10.1. The van der Waals surface area contributed by atoms with Crippen LogP contribution in [-0.4, -0.2) is 28.2 Å². The van der Waals surface area contributed by atoms with Gasteiger partial charge in [0.2, 0.25) is 0 Å². The molecule has 0 atom stereocenters. The van der Waals surface area contributed by atoms with Crippen LogP contribution in [0.25, 0.3) is 0 Å². The van der Waals surface area contributed by atoms with Gasteiger partial charge in [0.15, 0.2) is 0 Å². The molecule has 6 nitrogen and oxygen atoms in total. The molecular weight excluding hydrogens is 256 g/mol. The fraction of sp³-hybridized carbons (Fsp3) is 0.357. The van der Waals surface area contributed by atoms with Gasteiger partial charge in [0.1, 0.15) is 5.75 Å². The summed E-state index contributed by atoms with van der Waals surface area (Å²) in [6, 6.07) is 1.71. The molecule has 0 aromatic carbocycles. The molecule has 0 aliphatic rings. The van der Waals surface area contributed by atoms with Crippen LogP contribution in [-0.2, 0) is 6.54 Å². The highest BCUT2D eigenvalue weighted by Crippen LogP contribution is 2.18. The Hall–Kier alpha value is -2.37. The van der Waals surface area contributed by atoms with Crippen molar-refractivity contribution in [3.8, 4) is 5.75 Å². The molecule has 0 saturated heterocycles. The van der Waals surface area contributed by atoms with Crippen LogP contribution in [0.1, 0.15) is 33.0 Å². The third kappa shape index (κ3) is 2.79. The highest BCUT2D eigenvalue weighted by atomic mass is 16.5. The van der Waals surface area contributed by atoms with Crippen molar-refractivity contribution < 1.29 is 9.53 Å². The summed E-state index contributed by atoms with van der Waals surface area (Å²) in [7, 11) is 1.52. The summed E-state index contributed by atoms with van der Waals surface area (Å²) < 4.78 is 5.16. The van der Waals surface area contributed by atoms with Gasteiger partial charge in [-0.25, -0.2) is 0 Å². The Morgan fingerprint density at radius 2 is 2.15 bits per heavy atom. The average Bonchev–Trinajstić information content (AvgIpc) is 2.75. The smallest absolute Gasteiger partial charge is 0.255 e. The number of aryl methyl sites for hydroxylation is 3. The molecule has 1 amide bonds. The summed E-state index contributed by atoms with van der Waals surface area (Å²) in [6.45, 7) is 6.10. The fourth-order valence-electron chi connectivity index (χ4n) is 1.99. The molecule has 2 aromatic rings. The Balaban J connectivity index is 2.15. The van der Waals surface area contributed by atoms with E-state index in [-0.39, 0.29) is 5.91 Å². The molecule has 2 N–H and O–H groups in total. The molecule has 2 rings (SSSR count). The number of hydrogen-bond acceptors (Lipinski definition) is 4. The van der Waals surface area contributed by atoms with Gasteiger partial charge in [0.05, 0.1) is 24.6 Å². The van der Waals surface area contributed by atoms with E-state index in [4.69, 9.17) is 4.74 Å². The molecule has 6 heteroatoms. The Morgan fingerprint density at radius 1 is 1.40 bits per heavy atom. The molecule has 0 spiro atoms. The van der Waals surface area contributed by atoms with Crippen LogP contribution >= 0.6 is 0 Å². The first-order valence-electron chi connectivity index (χ1n) is 6.32. The Kier molecular flexibility index (Phi) is 4.02. The Bertz CT molecular complexity index is 615. The van der Waals surface area contributed by atoms with Gasteiger partial charge in [0, 0.05) is 23.5 Å². The first-order valence-corrected chi connectivity index (χ1v) is 6.32. The van der Waals surface area contributed by atoms with E-state index in [0.717, 1.165) is 22.6 Å². The summed E-state index contributed by atoms with van der Waals surface area (Å²) in [4.78, 5) is 16.4. The van der Waals surface area contributed by atoms with E-state index in [0.29, 0.717) is 17.9 Å². The maximum atomic E-state index is 12.2. The normalized spacial score (nSPS) is 10.4. The first-order chi connectivity index (χ1) is 9.52. The number of H-pyrrole nitrogens is 1. The molecule has 2 aromatic heterocycles. The van der Waals surface area contributed by atoms with Crippen LogP contribution in [0, 0.1) is 20.8 Å². The average molecular weight is 274 g/mol. The van der Waals surface area contributed by atoms with E-state index in [1.807, 2.05) is 20.8 Å². The highest BCUT2D eigenvalue weighted by Gasteiger charge is 2.14. The summed E-state index contributed by atoms with van der Waals surface area (Å²) in [5.74, 6) is 0.279. The molecule has 0 aliphatic carbocycles. The number of aromatic amines is 1. The summed E-state index contributed by atoms with van der Waals surface area (Å²) in [5.41, 5.74) is 4.11. The summed E-state index contributed by atoms with van der Waals surface area (Å²) in [6.07, 6.45) is 1.55. The van der Waals surface area contributed by atoms with Crippen LogP contribution in [0.15, 0.2) is 12.3 Å². The quantitative estimate of drug-likeness (QED) is 0.888. The molecule has 20 heavy (non-hydrogen) atoms. The van der Waals surface area contributed by atoms with Crippen molar-refractivity contribution in [1.82, 2.24) is 20.5 Å². The molecule has 0 fully saturated rings. The Labute approximate surface area is 117 Å². The number of amides is 1. The molecule has 106 valence electrons. The fourth-order valence-corrected chi connectivity index (χ4v) is 1.99. The summed E-state index contributed by atoms with van der Waals surface area (Å²) >= 11 is 0. The zero-order valence-corrected chi connectivity index (χ0v) is 12.1. The van der Waals surface area contributed by atoms with Gasteiger partial charge in [0.25, 0.3) is 5.91 Å². The van der Waals surface area contributed by atoms with Crippen molar-refractivity contribution in [1.29, 1.82) is 0 Å². The molecule has 0 bridgehead atoms. The van der Waals surface area contributed by atoms with Crippen LogP contribution in [0.3, 0.4) is 0 Å². The van der Waals surface area contributed by atoms with Gasteiger partial charge < -0.3 is 10.1 Å². The molecule has 2 heterocycles. The van der Waals surface area contributed by atoms with Crippen LogP contribution in [0.5, 0.6) is 5.75 Å². The van der Waals surface area contributed by atoms with Crippen molar-refractivity contribution in [2.75, 3.05) is 7.11 Å². The molecular formula is C14H18N4O2. The van der Waals surface area contributed by atoms with Gasteiger partial charge in [-0.3, -0.25) is 14.9 Å². The third-order valence-electron chi connectivity index (χ3n) is 3.18. The number of nitrogens with zero attached hydrogens (tertiary/aromatic N) is 2. The third-order valence-corrected chi connectivity index (χ3v) is 3.18. The molecule has 0 radical (unpaired) electrons. The van der Waals surface area contributed by atoms with Crippen molar-refractivity contribution in [2.45, 2.75) is 27.3 Å². The lowest BCUT2D eigenvalue weighted by molar-refractivity contribution is 0.0947. The van der Waals surface area contributed by atoms with Crippen LogP contribution < -0.4 is 10.1 Å². The standard InChI is InChI=1S/C14H18N4O2/c1-8-5-11(13(20-4)7-15-8)14(19)16-6-12-9(2)17-18-10(12)3/h5,7H,6H2,1-4H3,(H,16,19)(H,17,18). The Morgan fingerprint density at radius 3 is 2.75 bits per heavy atom. The zero-order chi connectivity index (χ0) is 14.7. The van der Waals surface area contributed by atoms with Crippen molar-refractivity contribution >= 4 is 5.91 Å². The predicted octanol–water partition coefficient (Wildman–Crippen LogP) is 1.67. The number of carbonyl (C=O) groups is 1. The number of ether oxygens (including phenoxy) is 1. The second-order valence-corrected chi connectivity index (χ2v) is 4.62. The number of aromatic nitrogens is 3. The summed E-state index contributed by atoms with van der Waals surface area (Å²) in [5, 5.41) is 9.88. The number of nitrogens with one attached hydrogen (secondary N) is 2. The first kappa shape index (κ1) is 14.0. The van der Waals surface area contributed by atoms with Crippen LogP contribution in [0.2, 0.25) is 0 Å². The minimum Gasteiger partial charge on any atom is -0.494 e. The van der Waals surface area contributed by atoms with Gasteiger partial charge in [-0.2, -0.15) is 5.10 Å². The van der Waals surface area contributed by atoms with E-state index in [1.54, 1.807) is 12.3 Å². The number of methoxy groups -OCH3 is 1. The molecule has 0 saturated carbocycles. The van der Waals surface area contributed by atoms with Gasteiger partial charge in [-0.15, -0.1) is 0 Å². The zero-order valence-electron chi connectivity index (χ0n) is 12.1. The monoisotopic (exact) mass is 274 g/mol. The van der Waals surface area contributed by atoms with E-state index < -0.39 is 0 Å². The van der Waals surface area contributed by atoms with Gasteiger partial charge >= 0.3 is 0 Å².